The largest absolute Gasteiger partial charge is 0.369 e. The van der Waals surface area contributed by atoms with E-state index in [0.717, 1.165) is 24.0 Å². The van der Waals surface area contributed by atoms with Gasteiger partial charge in [-0.15, -0.1) is 0 Å². The van der Waals surface area contributed by atoms with Gasteiger partial charge in [0.05, 0.1) is 12.2 Å². The summed E-state index contributed by atoms with van der Waals surface area (Å²) in [7, 11) is 0. The lowest BCUT2D eigenvalue weighted by Crippen LogP contribution is -2.29. The summed E-state index contributed by atoms with van der Waals surface area (Å²) in [4.78, 5) is 0. The number of hydrogen-bond acceptors (Lipinski definition) is 2. The summed E-state index contributed by atoms with van der Waals surface area (Å²) in [5.74, 6) is 0.836. The maximum absolute atomic E-state index is 6.45. The Balaban J connectivity index is 2.02. The third-order valence-electron chi connectivity index (χ3n) is 4.47. The highest BCUT2D eigenvalue weighted by molar-refractivity contribution is 6.30. The van der Waals surface area contributed by atoms with Gasteiger partial charge in [0.25, 0.3) is 0 Å². The van der Waals surface area contributed by atoms with Crippen LogP contribution in [0.4, 0.5) is 0 Å². The van der Waals surface area contributed by atoms with E-state index in [0.29, 0.717) is 6.10 Å². The van der Waals surface area contributed by atoms with E-state index in [4.69, 9.17) is 16.3 Å². The minimum Gasteiger partial charge on any atom is -0.369 e. The van der Waals surface area contributed by atoms with Crippen LogP contribution in [0.2, 0.25) is 5.02 Å². The Hall–Kier alpha value is -0.570. The van der Waals surface area contributed by atoms with E-state index in [2.05, 4.69) is 25.2 Å². The van der Waals surface area contributed by atoms with Crippen LogP contribution in [0.1, 0.15) is 57.6 Å². The molecule has 1 aliphatic carbocycles. The van der Waals surface area contributed by atoms with Gasteiger partial charge in [-0.25, -0.2) is 0 Å². The normalized spacial score (nSPS) is 24.0. The highest BCUT2D eigenvalue weighted by atomic mass is 35.5. The first-order valence-corrected chi connectivity index (χ1v) is 8.72. The van der Waals surface area contributed by atoms with Crippen molar-refractivity contribution in [1.82, 2.24) is 5.32 Å². The number of nitrogens with one attached hydrogen (secondary N) is 1. The van der Waals surface area contributed by atoms with Crippen LogP contribution in [0, 0.1) is 5.92 Å². The Morgan fingerprint density at radius 3 is 2.90 bits per heavy atom. The smallest absolute Gasteiger partial charge is 0.0953 e. The molecule has 1 saturated carbocycles. The van der Waals surface area contributed by atoms with E-state index in [1.54, 1.807) is 0 Å². The molecule has 0 spiro atoms. The van der Waals surface area contributed by atoms with Crippen molar-refractivity contribution in [2.24, 2.45) is 5.92 Å². The van der Waals surface area contributed by atoms with Crippen LogP contribution in [0.15, 0.2) is 24.3 Å². The van der Waals surface area contributed by atoms with E-state index in [1.165, 1.54) is 37.7 Å². The van der Waals surface area contributed by atoms with Crippen LogP contribution in [0.25, 0.3) is 0 Å². The fourth-order valence-corrected chi connectivity index (χ4v) is 3.39. The lowest BCUT2D eigenvalue weighted by Gasteiger charge is -2.32. The van der Waals surface area contributed by atoms with Crippen LogP contribution in [-0.4, -0.2) is 19.2 Å². The highest BCUT2D eigenvalue weighted by Gasteiger charge is 2.24. The molecule has 21 heavy (non-hydrogen) atoms. The predicted molar refractivity (Wildman–Crippen MR) is 89.9 cm³/mol. The summed E-state index contributed by atoms with van der Waals surface area (Å²) in [6, 6.07) is 8.08. The third kappa shape index (κ3) is 5.28. The molecule has 1 aromatic rings. The molecular formula is C18H28ClNO. The summed E-state index contributed by atoms with van der Waals surface area (Å²) in [5.41, 5.74) is 1.18. The molecule has 3 heteroatoms. The number of likely N-dealkylation sites (N-methyl/N-ethyl adjacent to an activating group) is 1. The second kappa shape index (κ2) is 8.77. The molecule has 0 amide bonds. The molecule has 2 nitrogen and oxygen atoms in total. The SMILES string of the molecule is CCNCC(OC1CCCC(CC)C1)c1cccc(Cl)c1. The zero-order valence-corrected chi connectivity index (χ0v) is 14.0. The van der Waals surface area contributed by atoms with E-state index < -0.39 is 0 Å². The summed E-state index contributed by atoms with van der Waals surface area (Å²) in [6.45, 7) is 6.23. The molecule has 2 rings (SSSR count). The van der Waals surface area contributed by atoms with Crippen molar-refractivity contribution >= 4 is 11.6 Å². The summed E-state index contributed by atoms with van der Waals surface area (Å²) in [6.07, 6.45) is 6.84. The molecule has 0 radical (unpaired) electrons. The first kappa shape index (κ1) is 16.8. The van der Waals surface area contributed by atoms with Crippen molar-refractivity contribution in [2.75, 3.05) is 13.1 Å². The molecule has 1 N–H and O–H groups in total. The van der Waals surface area contributed by atoms with Crippen LogP contribution >= 0.6 is 11.6 Å². The maximum atomic E-state index is 6.45. The van der Waals surface area contributed by atoms with Crippen molar-refractivity contribution < 1.29 is 4.74 Å². The van der Waals surface area contributed by atoms with Crippen molar-refractivity contribution in [1.29, 1.82) is 0 Å². The molecule has 0 bridgehead atoms. The zero-order valence-electron chi connectivity index (χ0n) is 13.3. The fraction of sp³-hybridized carbons (Fsp3) is 0.667. The minimum atomic E-state index is 0.101. The Bertz CT molecular complexity index is 423. The molecule has 0 heterocycles. The molecule has 118 valence electrons. The Labute approximate surface area is 134 Å². The van der Waals surface area contributed by atoms with Gasteiger partial charge in [-0.05, 0) is 43.0 Å². The van der Waals surface area contributed by atoms with Gasteiger partial charge in [0.2, 0.25) is 0 Å². The molecule has 3 atom stereocenters. The molecule has 0 saturated heterocycles. The number of ether oxygens (including phenoxy) is 1. The van der Waals surface area contributed by atoms with Crippen molar-refractivity contribution in [3.8, 4) is 0 Å². The molecule has 0 aliphatic heterocycles. The lowest BCUT2D eigenvalue weighted by atomic mass is 9.85. The molecule has 3 unspecified atom stereocenters. The monoisotopic (exact) mass is 309 g/mol. The summed E-state index contributed by atoms with van der Waals surface area (Å²) >= 11 is 6.14. The van der Waals surface area contributed by atoms with Crippen LogP contribution < -0.4 is 5.32 Å². The van der Waals surface area contributed by atoms with Gasteiger partial charge in [0.1, 0.15) is 0 Å². The van der Waals surface area contributed by atoms with Crippen molar-refractivity contribution in [3.05, 3.63) is 34.9 Å². The van der Waals surface area contributed by atoms with Gasteiger partial charge in [-0.3, -0.25) is 0 Å². The van der Waals surface area contributed by atoms with Gasteiger partial charge in [0.15, 0.2) is 0 Å². The molecule has 1 aliphatic rings. The van der Waals surface area contributed by atoms with Crippen LogP contribution in [0.5, 0.6) is 0 Å². The quantitative estimate of drug-likeness (QED) is 0.767. The van der Waals surface area contributed by atoms with E-state index >= 15 is 0 Å². The average molecular weight is 310 g/mol. The second-order valence-electron chi connectivity index (χ2n) is 6.05. The van der Waals surface area contributed by atoms with E-state index in [-0.39, 0.29) is 6.10 Å². The van der Waals surface area contributed by atoms with Crippen LogP contribution in [0.3, 0.4) is 0 Å². The zero-order chi connectivity index (χ0) is 15.1. The van der Waals surface area contributed by atoms with Gasteiger partial charge in [-0.1, -0.05) is 56.8 Å². The topological polar surface area (TPSA) is 21.3 Å². The van der Waals surface area contributed by atoms with Gasteiger partial charge < -0.3 is 10.1 Å². The standard InChI is InChI=1S/C18H28ClNO/c1-3-14-7-5-10-17(11-14)21-18(13-20-4-2)15-8-6-9-16(19)12-15/h6,8-9,12,14,17-18,20H,3-5,7,10-11,13H2,1-2H3. The number of hydrogen-bond donors (Lipinski definition) is 1. The average Bonchev–Trinajstić information content (AvgIpc) is 2.51. The molecule has 1 aromatic carbocycles. The minimum absolute atomic E-state index is 0.101. The number of benzene rings is 1. The van der Waals surface area contributed by atoms with Gasteiger partial charge in [-0.2, -0.15) is 0 Å². The predicted octanol–water partition coefficient (Wildman–Crippen LogP) is 4.98. The van der Waals surface area contributed by atoms with Gasteiger partial charge >= 0.3 is 0 Å². The maximum Gasteiger partial charge on any atom is 0.0953 e. The fourth-order valence-electron chi connectivity index (χ4n) is 3.20. The number of halogens is 1. The molecular weight excluding hydrogens is 282 g/mol. The lowest BCUT2D eigenvalue weighted by molar-refractivity contribution is -0.0413. The Morgan fingerprint density at radius 1 is 1.33 bits per heavy atom. The molecule has 1 fully saturated rings. The highest BCUT2D eigenvalue weighted by Crippen LogP contribution is 2.32. The van der Waals surface area contributed by atoms with Gasteiger partial charge in [0, 0.05) is 11.6 Å². The van der Waals surface area contributed by atoms with E-state index in [9.17, 15) is 0 Å². The Kier molecular flexibility index (Phi) is 7.01. The first-order valence-electron chi connectivity index (χ1n) is 8.34. The summed E-state index contributed by atoms with van der Waals surface area (Å²) < 4.78 is 6.45. The molecule has 0 aromatic heterocycles. The number of rotatable bonds is 7. The van der Waals surface area contributed by atoms with Crippen molar-refractivity contribution in [3.63, 3.8) is 0 Å². The Morgan fingerprint density at radius 2 is 2.19 bits per heavy atom. The van der Waals surface area contributed by atoms with Crippen LogP contribution in [-0.2, 0) is 4.74 Å². The summed E-state index contributed by atoms with van der Waals surface area (Å²) in [5, 5.41) is 4.20. The van der Waals surface area contributed by atoms with E-state index in [1.807, 2.05) is 18.2 Å². The van der Waals surface area contributed by atoms with Crippen molar-refractivity contribution in [2.45, 2.75) is 58.2 Å². The first-order chi connectivity index (χ1) is 10.2. The third-order valence-corrected chi connectivity index (χ3v) is 4.70. The second-order valence-corrected chi connectivity index (χ2v) is 6.49.